The Morgan fingerprint density at radius 2 is 1.68 bits per heavy atom. The molecule has 0 saturated heterocycles. The van der Waals surface area contributed by atoms with E-state index in [1.165, 1.54) is 12.5 Å². The van der Waals surface area contributed by atoms with E-state index in [0.717, 1.165) is 33.4 Å². The summed E-state index contributed by atoms with van der Waals surface area (Å²) in [6.45, 7) is 7.83. The van der Waals surface area contributed by atoms with Crippen molar-refractivity contribution in [2.45, 2.75) is 32.6 Å². The van der Waals surface area contributed by atoms with Crippen molar-refractivity contribution in [1.82, 2.24) is 4.90 Å². The Hall–Kier alpha value is -2.73. The minimum Gasteiger partial charge on any atom is -0.504 e. The Morgan fingerprint density at radius 1 is 1.04 bits per heavy atom. The molecule has 6 heteroatoms. The zero-order chi connectivity index (χ0) is 20.8. The molecule has 148 valence electrons. The third-order valence-electron chi connectivity index (χ3n) is 5.51. The molecular formula is C22H25NO4S. The van der Waals surface area contributed by atoms with Gasteiger partial charge in [0.1, 0.15) is 0 Å². The van der Waals surface area contributed by atoms with E-state index in [-0.39, 0.29) is 5.75 Å². The molecule has 0 atom stereocenters. The van der Waals surface area contributed by atoms with Crippen LogP contribution in [0.5, 0.6) is 11.5 Å². The van der Waals surface area contributed by atoms with Gasteiger partial charge in [-0.25, -0.2) is 8.42 Å². The maximum Gasteiger partial charge on any atom is 0.202 e. The number of nitrogens with zero attached hydrogens (tertiary/aromatic N) is 1. The topological polar surface area (TPSA) is 66.8 Å². The van der Waals surface area contributed by atoms with Crippen LogP contribution in [-0.2, 0) is 9.84 Å². The predicted molar refractivity (Wildman–Crippen MR) is 112 cm³/mol. The van der Waals surface area contributed by atoms with E-state index < -0.39 is 9.84 Å². The van der Waals surface area contributed by atoms with Gasteiger partial charge in [0.25, 0.3) is 0 Å². The predicted octanol–water partition coefficient (Wildman–Crippen LogP) is 4.32. The van der Waals surface area contributed by atoms with Crippen LogP contribution < -0.4 is 4.74 Å². The lowest BCUT2D eigenvalue weighted by atomic mass is 9.93. The van der Waals surface area contributed by atoms with Gasteiger partial charge in [-0.3, -0.25) is 0 Å². The highest BCUT2D eigenvalue weighted by molar-refractivity contribution is 7.95. The lowest BCUT2D eigenvalue weighted by Crippen LogP contribution is -2.10. The molecule has 1 aliphatic rings. The first kappa shape index (κ1) is 20.0. The highest BCUT2D eigenvalue weighted by Gasteiger charge is 2.33. The molecule has 28 heavy (non-hydrogen) atoms. The fourth-order valence-electron chi connectivity index (χ4n) is 3.54. The summed E-state index contributed by atoms with van der Waals surface area (Å²) in [6, 6.07) is 5.04. The number of fused-ring (bicyclic) bond motifs is 1. The fraction of sp³-hybridized carbons (Fsp3) is 0.273. The van der Waals surface area contributed by atoms with Crippen LogP contribution in [0, 0.1) is 27.7 Å². The second-order valence-corrected chi connectivity index (χ2v) is 8.84. The molecule has 0 spiro atoms. The number of phenolic OH excluding ortho intramolecular Hbond substituents is 1. The van der Waals surface area contributed by atoms with Crippen LogP contribution >= 0.6 is 0 Å². The number of rotatable bonds is 4. The van der Waals surface area contributed by atoms with E-state index >= 15 is 0 Å². The maximum atomic E-state index is 12.8. The van der Waals surface area contributed by atoms with E-state index in [1.807, 2.05) is 51.9 Å². The summed E-state index contributed by atoms with van der Waals surface area (Å²) < 4.78 is 30.8. The number of benzene rings is 2. The third-order valence-corrected chi connectivity index (χ3v) is 7.12. The van der Waals surface area contributed by atoms with Crippen molar-refractivity contribution in [3.05, 3.63) is 63.2 Å². The largest absolute Gasteiger partial charge is 0.504 e. The van der Waals surface area contributed by atoms with Gasteiger partial charge in [-0.15, -0.1) is 0 Å². The summed E-state index contributed by atoms with van der Waals surface area (Å²) in [4.78, 5) is 2.22. The maximum absolute atomic E-state index is 12.8. The lowest BCUT2D eigenvalue weighted by Gasteiger charge is -2.21. The van der Waals surface area contributed by atoms with E-state index in [0.29, 0.717) is 16.3 Å². The van der Waals surface area contributed by atoms with Crippen LogP contribution in [0.3, 0.4) is 0 Å². The lowest BCUT2D eigenvalue weighted by molar-refractivity contribution is 0.373. The molecule has 1 heterocycles. The van der Waals surface area contributed by atoms with Crippen molar-refractivity contribution in [2.75, 3.05) is 14.2 Å². The average Bonchev–Trinajstić information content (AvgIpc) is 2.95. The fourth-order valence-corrected chi connectivity index (χ4v) is 5.36. The molecule has 0 fully saturated rings. The third kappa shape index (κ3) is 3.18. The second-order valence-electron chi connectivity index (χ2n) is 7.11. The van der Waals surface area contributed by atoms with Crippen molar-refractivity contribution in [3.8, 4) is 11.5 Å². The Balaban J connectivity index is 2.05. The van der Waals surface area contributed by atoms with Crippen LogP contribution in [0.4, 0.5) is 0 Å². The summed E-state index contributed by atoms with van der Waals surface area (Å²) in [6.07, 6.45) is 3.66. The van der Waals surface area contributed by atoms with Gasteiger partial charge < -0.3 is 14.7 Å². The SMILES string of the molecule is COc1cc(/C=C/N(C)C2=CS(=O)(=O)c3c(C)c(C)c(C)c(C)c32)ccc1O. The summed E-state index contributed by atoms with van der Waals surface area (Å²) in [5.74, 6) is 0.457. The minimum atomic E-state index is -3.48. The van der Waals surface area contributed by atoms with E-state index in [1.54, 1.807) is 18.2 Å². The number of ether oxygens (including phenoxy) is 1. The van der Waals surface area contributed by atoms with Gasteiger partial charge in [0.15, 0.2) is 11.5 Å². The first-order chi connectivity index (χ1) is 13.1. The standard InChI is InChI=1S/C22H25NO4S/c1-13-14(2)16(4)22-21(15(13)3)18(12-28(22,25)26)23(5)10-9-17-7-8-19(24)20(11-17)27-6/h7-12,24H,1-6H3/b10-9+. The van der Waals surface area contributed by atoms with E-state index in [2.05, 4.69) is 0 Å². The van der Waals surface area contributed by atoms with E-state index in [4.69, 9.17) is 4.74 Å². The highest BCUT2D eigenvalue weighted by Crippen LogP contribution is 2.42. The molecule has 1 N–H and O–H groups in total. The Kier molecular flexibility index (Phi) is 5.02. The van der Waals surface area contributed by atoms with Gasteiger partial charge in [0, 0.05) is 18.8 Å². The molecular weight excluding hydrogens is 374 g/mol. The molecule has 2 aromatic carbocycles. The molecule has 5 nitrogen and oxygen atoms in total. The molecule has 0 bridgehead atoms. The molecule has 1 aliphatic heterocycles. The minimum absolute atomic E-state index is 0.0727. The monoisotopic (exact) mass is 399 g/mol. The number of hydrogen-bond donors (Lipinski definition) is 1. The molecule has 0 aromatic heterocycles. The Labute approximate surface area is 166 Å². The quantitative estimate of drug-likeness (QED) is 0.829. The van der Waals surface area contributed by atoms with Gasteiger partial charge in [0.05, 0.1) is 23.1 Å². The van der Waals surface area contributed by atoms with Gasteiger partial charge in [-0.1, -0.05) is 6.07 Å². The van der Waals surface area contributed by atoms with Crippen molar-refractivity contribution < 1.29 is 18.3 Å². The zero-order valence-corrected chi connectivity index (χ0v) is 17.8. The Morgan fingerprint density at radius 3 is 2.32 bits per heavy atom. The second kappa shape index (κ2) is 7.02. The van der Waals surface area contributed by atoms with Crippen LogP contribution in [0.15, 0.2) is 34.7 Å². The van der Waals surface area contributed by atoms with Crippen LogP contribution in [0.2, 0.25) is 0 Å². The smallest absolute Gasteiger partial charge is 0.202 e. The summed E-state index contributed by atoms with van der Waals surface area (Å²) in [5, 5.41) is 11.1. The molecule has 0 amide bonds. The van der Waals surface area contributed by atoms with Crippen LogP contribution in [0.25, 0.3) is 11.8 Å². The number of hydrogen-bond acceptors (Lipinski definition) is 5. The number of sulfone groups is 1. The first-order valence-electron chi connectivity index (χ1n) is 8.94. The summed E-state index contributed by atoms with van der Waals surface area (Å²) in [7, 11) is -0.159. The number of phenols is 1. The van der Waals surface area contributed by atoms with Gasteiger partial charge in [-0.05, 0) is 73.7 Å². The van der Waals surface area contributed by atoms with E-state index in [9.17, 15) is 13.5 Å². The van der Waals surface area contributed by atoms with Crippen LogP contribution in [-0.4, -0.2) is 32.6 Å². The van der Waals surface area contributed by atoms with Crippen molar-refractivity contribution in [1.29, 1.82) is 0 Å². The van der Waals surface area contributed by atoms with Gasteiger partial charge >= 0.3 is 0 Å². The number of aromatic hydroxyl groups is 1. The molecule has 0 saturated carbocycles. The van der Waals surface area contributed by atoms with Crippen molar-refractivity contribution >= 4 is 21.6 Å². The molecule has 0 radical (unpaired) electrons. The molecule has 0 aliphatic carbocycles. The summed E-state index contributed by atoms with van der Waals surface area (Å²) >= 11 is 0. The van der Waals surface area contributed by atoms with Crippen LogP contribution in [0.1, 0.15) is 33.4 Å². The van der Waals surface area contributed by atoms with Gasteiger partial charge in [-0.2, -0.15) is 0 Å². The molecule has 0 unspecified atom stereocenters. The highest BCUT2D eigenvalue weighted by atomic mass is 32.2. The average molecular weight is 400 g/mol. The molecule has 3 rings (SSSR count). The van der Waals surface area contributed by atoms with Gasteiger partial charge in [0.2, 0.25) is 9.84 Å². The van der Waals surface area contributed by atoms with Crippen molar-refractivity contribution in [3.63, 3.8) is 0 Å². The normalized spacial score (nSPS) is 14.9. The number of methoxy groups -OCH3 is 1. The summed E-state index contributed by atoms with van der Waals surface area (Å²) in [5.41, 5.74) is 6.18. The molecule has 2 aromatic rings. The first-order valence-corrected chi connectivity index (χ1v) is 10.5. The Bertz CT molecular complexity index is 1130. The van der Waals surface area contributed by atoms with Crippen molar-refractivity contribution in [2.24, 2.45) is 0 Å². The zero-order valence-electron chi connectivity index (χ0n) is 17.0.